The van der Waals surface area contributed by atoms with Crippen LogP contribution in [0.25, 0.3) is 0 Å². The van der Waals surface area contributed by atoms with Gasteiger partial charge in [-0.05, 0) is 4.90 Å². The van der Waals surface area contributed by atoms with E-state index in [1.165, 1.54) is 0 Å². The minimum absolute atomic E-state index is 0.190. The van der Waals surface area contributed by atoms with E-state index in [0.29, 0.717) is 55.5 Å². The fourth-order valence-corrected chi connectivity index (χ4v) is 3.56. The van der Waals surface area contributed by atoms with Crippen LogP contribution in [0.2, 0.25) is 0 Å². The second-order valence-corrected chi connectivity index (χ2v) is 5.69. The van der Waals surface area contributed by atoms with E-state index in [1.807, 2.05) is 4.90 Å². The summed E-state index contributed by atoms with van der Waals surface area (Å²) in [6, 6.07) is 0. The van der Waals surface area contributed by atoms with E-state index in [1.54, 1.807) is 0 Å². The van der Waals surface area contributed by atoms with Crippen molar-refractivity contribution in [1.82, 2.24) is 10.1 Å². The summed E-state index contributed by atoms with van der Waals surface area (Å²) >= 11 is 0. The Kier molecular flexibility index (Phi) is 2.72. The smallest absolute Gasteiger partial charge is 0.263 e. The molecule has 1 aliphatic carbocycles. The molecule has 0 radical (unpaired) electrons. The Hall–Kier alpha value is -1.71. The molecule has 3 heterocycles. The number of rotatable bonds is 1. The lowest BCUT2D eigenvalue weighted by molar-refractivity contribution is -0.808. The maximum Gasteiger partial charge on any atom is 0.263 e. The first-order valence-electron chi connectivity index (χ1n) is 7.07. The van der Waals surface area contributed by atoms with Gasteiger partial charge >= 0.3 is 0 Å². The highest BCUT2D eigenvalue weighted by Crippen LogP contribution is 2.40. The van der Waals surface area contributed by atoms with Crippen molar-refractivity contribution in [2.45, 2.75) is 31.0 Å². The zero-order valence-electron chi connectivity index (χ0n) is 11.4. The van der Waals surface area contributed by atoms with E-state index in [9.17, 15) is 15.5 Å². The molecule has 2 atom stereocenters. The minimum atomic E-state index is -1.49. The van der Waals surface area contributed by atoms with Crippen molar-refractivity contribution < 1.29 is 24.1 Å². The van der Waals surface area contributed by atoms with Gasteiger partial charge in [0.15, 0.2) is 0 Å². The lowest BCUT2D eigenvalue weighted by Crippen LogP contribution is -2.47. The summed E-state index contributed by atoms with van der Waals surface area (Å²) in [5, 5.41) is 38.7. The maximum atomic E-state index is 12.6. The molecule has 0 unspecified atom stereocenters. The van der Waals surface area contributed by atoms with Crippen LogP contribution in [0.4, 0.5) is 0 Å². The molecule has 9 heteroatoms. The van der Waals surface area contributed by atoms with Crippen LogP contribution >= 0.6 is 0 Å². The van der Waals surface area contributed by atoms with E-state index in [4.69, 9.17) is 4.74 Å². The number of aliphatic hydroxyl groups is 1. The van der Waals surface area contributed by atoms with E-state index < -0.39 is 11.8 Å². The van der Waals surface area contributed by atoms with Gasteiger partial charge in [0, 0.05) is 31.1 Å². The molecule has 0 bridgehead atoms. The molecule has 4 rings (SSSR count). The van der Waals surface area contributed by atoms with Gasteiger partial charge < -0.3 is 20.3 Å². The summed E-state index contributed by atoms with van der Waals surface area (Å²) in [6.45, 7) is 2.46. The third-order valence-corrected chi connectivity index (χ3v) is 4.65. The van der Waals surface area contributed by atoms with Crippen LogP contribution in [0.5, 0.6) is 0 Å². The van der Waals surface area contributed by atoms with Gasteiger partial charge in [-0.3, -0.25) is 4.63 Å². The molecule has 1 N–H and O–H groups in total. The zero-order valence-corrected chi connectivity index (χ0v) is 11.4. The van der Waals surface area contributed by atoms with Crippen molar-refractivity contribution in [3.63, 3.8) is 0 Å². The van der Waals surface area contributed by atoms with E-state index in [0.717, 1.165) is 4.74 Å². The lowest BCUT2D eigenvalue weighted by Gasteiger charge is -2.30. The second kappa shape index (κ2) is 4.39. The molecule has 0 aromatic carbocycles. The SMILES string of the molecule is [O-][N+]1=C2CCc3c(no[n+]3[O-])[C@]2(O)C[C@@H]1N1CCOCC1. The van der Waals surface area contributed by atoms with E-state index >= 15 is 0 Å². The topological polar surface area (TPSA) is 112 Å². The van der Waals surface area contributed by atoms with Crippen LogP contribution in [-0.4, -0.2) is 58.1 Å². The molecule has 114 valence electrons. The van der Waals surface area contributed by atoms with Crippen LogP contribution in [0.1, 0.15) is 24.2 Å². The number of hydrogen-bond donors (Lipinski definition) is 1. The first-order valence-corrected chi connectivity index (χ1v) is 7.07. The van der Waals surface area contributed by atoms with Gasteiger partial charge in [0.05, 0.1) is 19.6 Å². The van der Waals surface area contributed by atoms with Gasteiger partial charge in [0.2, 0.25) is 23.2 Å². The first-order chi connectivity index (χ1) is 10.1. The van der Waals surface area contributed by atoms with Gasteiger partial charge in [-0.25, -0.2) is 4.90 Å². The summed E-state index contributed by atoms with van der Waals surface area (Å²) in [5.41, 5.74) is -0.606. The van der Waals surface area contributed by atoms with Crippen molar-refractivity contribution in [2.75, 3.05) is 26.3 Å². The van der Waals surface area contributed by atoms with Crippen LogP contribution < -0.4 is 4.90 Å². The summed E-state index contributed by atoms with van der Waals surface area (Å²) in [4.78, 5) is 2.33. The van der Waals surface area contributed by atoms with Gasteiger partial charge in [0.1, 0.15) is 0 Å². The number of fused-ring (bicyclic) bond motifs is 3. The van der Waals surface area contributed by atoms with Crippen molar-refractivity contribution in [2.24, 2.45) is 0 Å². The fraction of sp³-hybridized carbons (Fsp3) is 0.750. The molecule has 1 saturated heterocycles. The van der Waals surface area contributed by atoms with Gasteiger partial charge in [-0.15, -0.1) is 0 Å². The molecule has 1 fully saturated rings. The highest BCUT2D eigenvalue weighted by Gasteiger charge is 2.60. The Bertz CT molecular complexity index is 609. The Labute approximate surface area is 120 Å². The lowest BCUT2D eigenvalue weighted by atomic mass is 9.82. The standard InChI is InChI=1S/C12H16N4O5/c17-12-7-10(14-3-5-20-6-4-14)15(18)9(12)2-1-8-11(12)13-21-16(8)19/h10,17H,1-7H2/t10-,12+/m1/s1. The van der Waals surface area contributed by atoms with Gasteiger partial charge in [0.25, 0.3) is 5.69 Å². The largest absolute Gasteiger partial charge is 0.623 e. The predicted molar refractivity (Wildman–Crippen MR) is 67.1 cm³/mol. The van der Waals surface area contributed by atoms with Gasteiger partial charge in [-0.2, -0.15) is 4.74 Å². The molecular weight excluding hydrogens is 280 g/mol. The number of morpholine rings is 1. The van der Waals surface area contributed by atoms with Crippen molar-refractivity contribution in [3.8, 4) is 0 Å². The number of nitrogens with zero attached hydrogens (tertiary/aromatic N) is 4. The second-order valence-electron chi connectivity index (χ2n) is 5.69. The van der Waals surface area contributed by atoms with Crippen LogP contribution in [0.3, 0.4) is 0 Å². The normalized spacial score (nSPS) is 33.1. The van der Waals surface area contributed by atoms with Crippen LogP contribution in [0, 0.1) is 10.4 Å². The molecule has 9 nitrogen and oxygen atoms in total. The molecule has 0 amide bonds. The molecule has 3 aliphatic rings. The number of hydrogen-bond acceptors (Lipinski definition) is 7. The Morgan fingerprint density at radius 1 is 1.29 bits per heavy atom. The fourth-order valence-electron chi connectivity index (χ4n) is 3.56. The molecule has 1 aromatic rings. The van der Waals surface area contributed by atoms with Crippen LogP contribution in [-0.2, 0) is 16.8 Å². The maximum absolute atomic E-state index is 12.6. The summed E-state index contributed by atoms with van der Waals surface area (Å²) in [7, 11) is 0. The molecular formula is C12H16N4O5. The van der Waals surface area contributed by atoms with Crippen LogP contribution in [0.15, 0.2) is 4.63 Å². The van der Waals surface area contributed by atoms with Crippen molar-refractivity contribution in [1.29, 1.82) is 0 Å². The Morgan fingerprint density at radius 3 is 2.81 bits per heavy atom. The third-order valence-electron chi connectivity index (χ3n) is 4.65. The summed E-state index contributed by atoms with van der Waals surface area (Å²) in [6.07, 6.45) is 0.452. The molecule has 2 aliphatic heterocycles. The first kappa shape index (κ1) is 13.0. The zero-order chi connectivity index (χ0) is 14.6. The van der Waals surface area contributed by atoms with Crippen molar-refractivity contribution >= 4 is 5.71 Å². The Morgan fingerprint density at radius 2 is 2.05 bits per heavy atom. The molecule has 0 saturated carbocycles. The monoisotopic (exact) mass is 296 g/mol. The van der Waals surface area contributed by atoms with E-state index in [2.05, 4.69) is 9.79 Å². The van der Waals surface area contributed by atoms with Gasteiger partial charge in [-0.1, -0.05) is 0 Å². The number of hydroxylamine groups is 1. The van der Waals surface area contributed by atoms with E-state index in [-0.39, 0.29) is 12.1 Å². The molecule has 1 aromatic heterocycles. The highest BCUT2D eigenvalue weighted by molar-refractivity contribution is 5.91. The Balaban J connectivity index is 1.72. The number of ether oxygens (including phenoxy) is 1. The third kappa shape index (κ3) is 1.71. The highest BCUT2D eigenvalue weighted by atomic mass is 16.8. The minimum Gasteiger partial charge on any atom is -0.623 e. The predicted octanol–water partition coefficient (Wildman–Crippen LogP) is -1.54. The number of aromatic nitrogens is 2. The molecule has 0 spiro atoms. The quantitative estimate of drug-likeness (QED) is 0.493. The molecule has 21 heavy (non-hydrogen) atoms. The van der Waals surface area contributed by atoms with Crippen molar-refractivity contribution in [3.05, 3.63) is 21.8 Å². The average Bonchev–Trinajstić information content (AvgIpc) is 3.00. The summed E-state index contributed by atoms with van der Waals surface area (Å²) in [5.74, 6) is 0. The average molecular weight is 296 g/mol. The summed E-state index contributed by atoms with van der Waals surface area (Å²) < 4.78 is 10.8.